The van der Waals surface area contributed by atoms with Gasteiger partial charge in [-0.15, -0.1) is 0 Å². The maximum atomic E-state index is 12.5. The smallest absolute Gasteiger partial charge is 0.238 e. The molecule has 1 aliphatic carbocycles. The molecule has 3 rings (SSSR count). The van der Waals surface area contributed by atoms with Gasteiger partial charge in [-0.2, -0.15) is 0 Å². The van der Waals surface area contributed by atoms with E-state index in [1.807, 2.05) is 32.0 Å². The van der Waals surface area contributed by atoms with Gasteiger partial charge in [-0.25, -0.2) is 0 Å². The number of hydrogen-bond donors (Lipinski definition) is 2. The topological polar surface area (TPSA) is 64.7 Å². The first kappa shape index (κ1) is 22.8. The number of anilines is 1. The Kier molecular flexibility index (Phi) is 7.89. The van der Waals surface area contributed by atoms with Gasteiger partial charge in [-0.1, -0.05) is 44.9 Å². The van der Waals surface area contributed by atoms with Crippen LogP contribution in [0.1, 0.15) is 44.2 Å². The van der Waals surface area contributed by atoms with E-state index < -0.39 is 0 Å². The summed E-state index contributed by atoms with van der Waals surface area (Å²) in [7, 11) is 0. The number of hydrogen-bond acceptors (Lipinski definition) is 4. The van der Waals surface area contributed by atoms with Crippen LogP contribution in [0.2, 0.25) is 0 Å². The Balaban J connectivity index is 1.39. The fourth-order valence-electron chi connectivity index (χ4n) is 4.74. The lowest BCUT2D eigenvalue weighted by Crippen LogP contribution is -2.52. The Hall–Kier alpha value is -1.92. The predicted molar refractivity (Wildman–Crippen MR) is 122 cm³/mol. The standard InChI is InChI=1S/C24H38N4O2/c1-17-7-6-10-21(20(17)4)25-22(29)15-27-11-13-28(14-12-27)16-23(30)26-24-18(2)8-5-9-19(24)3/h5,8-9,17,20-21H,6-7,10-16H2,1-4H3,(H,25,29)(H,26,30)/t17-,20-,21+/m0/s1. The molecule has 1 aromatic carbocycles. The molecule has 2 aliphatic rings. The molecule has 6 nitrogen and oxygen atoms in total. The zero-order valence-corrected chi connectivity index (χ0v) is 19.0. The Bertz CT molecular complexity index is 722. The van der Waals surface area contributed by atoms with E-state index in [4.69, 9.17) is 0 Å². The van der Waals surface area contributed by atoms with E-state index in [-0.39, 0.29) is 11.8 Å². The molecule has 0 unspecified atom stereocenters. The highest BCUT2D eigenvalue weighted by molar-refractivity contribution is 5.93. The molecule has 1 saturated carbocycles. The summed E-state index contributed by atoms with van der Waals surface area (Å²) in [4.78, 5) is 29.4. The van der Waals surface area contributed by atoms with Gasteiger partial charge < -0.3 is 10.6 Å². The van der Waals surface area contributed by atoms with Crippen LogP contribution < -0.4 is 10.6 Å². The molecular formula is C24H38N4O2. The molecule has 30 heavy (non-hydrogen) atoms. The summed E-state index contributed by atoms with van der Waals surface area (Å²) in [6.45, 7) is 12.7. The first-order valence-corrected chi connectivity index (χ1v) is 11.4. The number of para-hydroxylation sites is 1. The summed E-state index contributed by atoms with van der Waals surface area (Å²) in [5.41, 5.74) is 3.09. The minimum atomic E-state index is 0.0269. The molecule has 1 aliphatic heterocycles. The molecule has 0 aromatic heterocycles. The molecule has 2 N–H and O–H groups in total. The highest BCUT2D eigenvalue weighted by Crippen LogP contribution is 2.29. The van der Waals surface area contributed by atoms with Gasteiger partial charge in [0.1, 0.15) is 0 Å². The van der Waals surface area contributed by atoms with Crippen molar-refractivity contribution in [3.8, 4) is 0 Å². The quantitative estimate of drug-likeness (QED) is 0.751. The summed E-state index contributed by atoms with van der Waals surface area (Å²) in [6.07, 6.45) is 3.58. The normalized spacial score (nSPS) is 25.7. The molecule has 1 aromatic rings. The van der Waals surface area contributed by atoms with E-state index in [1.54, 1.807) is 0 Å². The fourth-order valence-corrected chi connectivity index (χ4v) is 4.74. The van der Waals surface area contributed by atoms with Crippen LogP contribution in [0.3, 0.4) is 0 Å². The summed E-state index contributed by atoms with van der Waals surface area (Å²) in [5.74, 6) is 1.40. The number of carbonyl (C=O) groups excluding carboxylic acids is 2. The van der Waals surface area contributed by atoms with E-state index in [0.29, 0.717) is 31.0 Å². The van der Waals surface area contributed by atoms with Crippen LogP contribution in [0.5, 0.6) is 0 Å². The predicted octanol–water partition coefficient (Wildman–Crippen LogP) is 2.80. The first-order valence-electron chi connectivity index (χ1n) is 11.4. The van der Waals surface area contributed by atoms with Crippen molar-refractivity contribution in [3.05, 3.63) is 29.3 Å². The van der Waals surface area contributed by atoms with Crippen LogP contribution in [0.4, 0.5) is 5.69 Å². The van der Waals surface area contributed by atoms with Gasteiger partial charge in [0.2, 0.25) is 11.8 Å². The van der Waals surface area contributed by atoms with Crippen LogP contribution in [0, 0.1) is 25.7 Å². The van der Waals surface area contributed by atoms with Gasteiger partial charge in [0, 0.05) is 37.9 Å². The molecule has 1 saturated heterocycles. The zero-order valence-electron chi connectivity index (χ0n) is 19.0. The van der Waals surface area contributed by atoms with Crippen molar-refractivity contribution < 1.29 is 9.59 Å². The molecule has 0 spiro atoms. The number of nitrogens with zero attached hydrogens (tertiary/aromatic N) is 2. The molecule has 2 fully saturated rings. The average molecular weight is 415 g/mol. The monoisotopic (exact) mass is 414 g/mol. The van der Waals surface area contributed by atoms with E-state index in [1.165, 1.54) is 12.8 Å². The van der Waals surface area contributed by atoms with Gasteiger partial charge >= 0.3 is 0 Å². The Morgan fingerprint density at radius 3 is 2.10 bits per heavy atom. The van der Waals surface area contributed by atoms with Crippen LogP contribution in [-0.2, 0) is 9.59 Å². The maximum absolute atomic E-state index is 12.5. The van der Waals surface area contributed by atoms with E-state index in [2.05, 4.69) is 34.3 Å². The van der Waals surface area contributed by atoms with Gasteiger partial charge in [0.05, 0.1) is 13.1 Å². The molecule has 0 bridgehead atoms. The third-order valence-electron chi connectivity index (χ3n) is 7.00. The second-order valence-electron chi connectivity index (χ2n) is 9.31. The summed E-state index contributed by atoms with van der Waals surface area (Å²) in [6, 6.07) is 6.35. The maximum Gasteiger partial charge on any atom is 0.238 e. The number of amides is 2. The van der Waals surface area contributed by atoms with Crippen LogP contribution >= 0.6 is 0 Å². The first-order chi connectivity index (χ1) is 14.3. The molecule has 6 heteroatoms. The molecular weight excluding hydrogens is 376 g/mol. The Morgan fingerprint density at radius 2 is 1.50 bits per heavy atom. The molecule has 0 radical (unpaired) electrons. The number of piperazine rings is 1. The van der Waals surface area contributed by atoms with Gasteiger partial charge in [0.15, 0.2) is 0 Å². The van der Waals surface area contributed by atoms with Crippen molar-refractivity contribution >= 4 is 17.5 Å². The van der Waals surface area contributed by atoms with Gasteiger partial charge in [-0.3, -0.25) is 19.4 Å². The minimum absolute atomic E-state index is 0.0269. The largest absolute Gasteiger partial charge is 0.352 e. The third kappa shape index (κ3) is 6.05. The number of carbonyl (C=O) groups is 2. The number of benzene rings is 1. The zero-order chi connectivity index (χ0) is 21.7. The van der Waals surface area contributed by atoms with Crippen LogP contribution in [0.15, 0.2) is 18.2 Å². The van der Waals surface area contributed by atoms with Crippen LogP contribution in [-0.4, -0.2) is 66.9 Å². The van der Waals surface area contributed by atoms with Crippen molar-refractivity contribution in [1.82, 2.24) is 15.1 Å². The highest BCUT2D eigenvalue weighted by atomic mass is 16.2. The molecule has 3 atom stereocenters. The summed E-state index contributed by atoms with van der Waals surface area (Å²) < 4.78 is 0. The molecule has 1 heterocycles. The number of rotatable bonds is 6. The van der Waals surface area contributed by atoms with E-state index >= 15 is 0 Å². The minimum Gasteiger partial charge on any atom is -0.352 e. The van der Waals surface area contributed by atoms with Crippen molar-refractivity contribution in [2.75, 3.05) is 44.6 Å². The lowest BCUT2D eigenvalue weighted by atomic mass is 9.78. The van der Waals surface area contributed by atoms with Crippen molar-refractivity contribution in [2.24, 2.45) is 11.8 Å². The van der Waals surface area contributed by atoms with Crippen molar-refractivity contribution in [3.63, 3.8) is 0 Å². The van der Waals surface area contributed by atoms with Gasteiger partial charge in [0.25, 0.3) is 0 Å². The van der Waals surface area contributed by atoms with E-state index in [0.717, 1.165) is 49.4 Å². The van der Waals surface area contributed by atoms with Crippen molar-refractivity contribution in [2.45, 2.75) is 53.0 Å². The number of nitrogens with one attached hydrogen (secondary N) is 2. The average Bonchev–Trinajstić information content (AvgIpc) is 2.70. The van der Waals surface area contributed by atoms with Gasteiger partial charge in [-0.05, 0) is 43.2 Å². The summed E-state index contributed by atoms with van der Waals surface area (Å²) >= 11 is 0. The molecule has 166 valence electrons. The van der Waals surface area contributed by atoms with Crippen molar-refractivity contribution in [1.29, 1.82) is 0 Å². The lowest BCUT2D eigenvalue weighted by Gasteiger charge is -2.36. The Labute approximate surface area is 181 Å². The summed E-state index contributed by atoms with van der Waals surface area (Å²) in [5, 5.41) is 6.33. The SMILES string of the molecule is Cc1cccc(C)c1NC(=O)CN1CCN(CC(=O)N[C@@H]2CCC[C@H](C)[C@@H]2C)CC1. The highest BCUT2D eigenvalue weighted by Gasteiger charge is 2.29. The lowest BCUT2D eigenvalue weighted by molar-refractivity contribution is -0.124. The van der Waals surface area contributed by atoms with Crippen LogP contribution in [0.25, 0.3) is 0 Å². The second kappa shape index (κ2) is 10.4. The number of aryl methyl sites for hydroxylation is 2. The second-order valence-corrected chi connectivity index (χ2v) is 9.31. The molecule has 2 amide bonds. The fraction of sp³-hybridized carbons (Fsp3) is 0.667. The Morgan fingerprint density at radius 1 is 0.933 bits per heavy atom. The van der Waals surface area contributed by atoms with E-state index in [9.17, 15) is 9.59 Å². The third-order valence-corrected chi connectivity index (χ3v) is 7.00.